The maximum atomic E-state index is 12.4. The summed E-state index contributed by atoms with van der Waals surface area (Å²) in [6.45, 7) is 9.29. The largest absolute Gasteiger partial charge is 0.444 e. The van der Waals surface area contributed by atoms with E-state index in [1.807, 2.05) is 25.7 Å². The molecular weight excluding hydrogens is 380 g/mol. The summed E-state index contributed by atoms with van der Waals surface area (Å²) in [6.07, 6.45) is 3.97. The lowest BCUT2D eigenvalue weighted by Crippen LogP contribution is -2.42. The monoisotopic (exact) mass is 418 g/mol. The minimum absolute atomic E-state index is 0.103. The molecule has 1 aromatic carbocycles. The molecule has 2 aliphatic rings. The Morgan fingerprint density at radius 1 is 1.00 bits per heavy atom. The molecule has 1 aromatic rings. The summed E-state index contributed by atoms with van der Waals surface area (Å²) >= 11 is 0. The summed E-state index contributed by atoms with van der Waals surface area (Å²) in [5.74, 6) is 0.826. The van der Waals surface area contributed by atoms with Gasteiger partial charge in [-0.15, -0.1) is 0 Å². The van der Waals surface area contributed by atoms with Gasteiger partial charge in [0.25, 0.3) is 0 Å². The van der Waals surface area contributed by atoms with Crippen LogP contribution in [0, 0.1) is 5.92 Å². The van der Waals surface area contributed by atoms with Crippen LogP contribution in [-0.4, -0.2) is 63.3 Å². The van der Waals surface area contributed by atoms with Crippen LogP contribution in [0.5, 0.6) is 0 Å². The van der Waals surface area contributed by atoms with E-state index < -0.39 is 5.60 Å². The Balaban J connectivity index is 1.56. The van der Waals surface area contributed by atoms with Gasteiger partial charge < -0.3 is 24.0 Å². The van der Waals surface area contributed by atoms with Crippen molar-refractivity contribution in [2.45, 2.75) is 64.3 Å². The molecule has 2 fully saturated rings. The van der Waals surface area contributed by atoms with Gasteiger partial charge in [0.05, 0.1) is 0 Å². The third kappa shape index (κ3) is 5.88. The van der Waals surface area contributed by atoms with Crippen LogP contribution in [0.25, 0.3) is 0 Å². The lowest BCUT2D eigenvalue weighted by atomic mass is 9.90. The molecule has 0 aromatic heterocycles. The molecule has 0 spiro atoms. The lowest BCUT2D eigenvalue weighted by Gasteiger charge is -2.36. The summed E-state index contributed by atoms with van der Waals surface area (Å²) < 4.78 is 16.4. The fourth-order valence-electron chi connectivity index (χ4n) is 4.61. The molecule has 0 radical (unpaired) electrons. The molecule has 6 nitrogen and oxygen atoms in total. The van der Waals surface area contributed by atoms with Gasteiger partial charge >= 0.3 is 6.09 Å². The molecule has 0 bridgehead atoms. The predicted octanol–water partition coefficient (Wildman–Crippen LogP) is 4.64. The van der Waals surface area contributed by atoms with E-state index in [9.17, 15) is 4.79 Å². The van der Waals surface area contributed by atoms with E-state index >= 15 is 0 Å². The van der Waals surface area contributed by atoms with Crippen molar-refractivity contribution in [2.75, 3.05) is 45.3 Å². The van der Waals surface area contributed by atoms with E-state index in [4.69, 9.17) is 14.2 Å². The standard InChI is InChI=1S/C24H38N2O4/c1-24(2,3)30-23(27)26-14-6-7-20(17-26)18-8-10-21(11-9-18)25-15-12-19(13-16-25)22(28-4)29-5/h8-11,19-20,22H,6-7,12-17H2,1-5H3. The normalized spacial score (nSPS) is 21.2. The Morgan fingerprint density at radius 3 is 2.20 bits per heavy atom. The van der Waals surface area contributed by atoms with Gasteiger partial charge in [-0.25, -0.2) is 4.79 Å². The van der Waals surface area contributed by atoms with Crippen LogP contribution in [0.4, 0.5) is 10.5 Å². The molecule has 0 N–H and O–H groups in total. The smallest absolute Gasteiger partial charge is 0.410 e. The van der Waals surface area contributed by atoms with Gasteiger partial charge in [0.2, 0.25) is 0 Å². The highest BCUT2D eigenvalue weighted by Crippen LogP contribution is 2.31. The third-order valence-electron chi connectivity index (χ3n) is 6.19. The van der Waals surface area contributed by atoms with Crippen molar-refractivity contribution in [3.63, 3.8) is 0 Å². The van der Waals surface area contributed by atoms with Gasteiger partial charge in [0.1, 0.15) is 5.60 Å². The first-order chi connectivity index (χ1) is 14.3. The molecule has 6 heteroatoms. The van der Waals surface area contributed by atoms with Crippen LogP contribution < -0.4 is 4.90 Å². The highest BCUT2D eigenvalue weighted by molar-refractivity contribution is 5.68. The molecule has 168 valence electrons. The Bertz CT molecular complexity index is 673. The number of anilines is 1. The van der Waals surface area contributed by atoms with Crippen molar-refractivity contribution < 1.29 is 19.0 Å². The maximum absolute atomic E-state index is 12.4. The number of carbonyl (C=O) groups excluding carboxylic acids is 1. The number of hydrogen-bond donors (Lipinski definition) is 0. The number of likely N-dealkylation sites (tertiary alicyclic amines) is 1. The molecule has 0 aliphatic carbocycles. The zero-order valence-electron chi connectivity index (χ0n) is 19.2. The molecule has 3 rings (SSSR count). The maximum Gasteiger partial charge on any atom is 0.410 e. The van der Waals surface area contributed by atoms with Crippen molar-refractivity contribution in [3.05, 3.63) is 29.8 Å². The minimum atomic E-state index is -0.453. The number of hydrogen-bond acceptors (Lipinski definition) is 5. The van der Waals surface area contributed by atoms with E-state index in [-0.39, 0.29) is 12.4 Å². The highest BCUT2D eigenvalue weighted by atomic mass is 16.7. The van der Waals surface area contributed by atoms with E-state index in [0.717, 1.165) is 51.9 Å². The first-order valence-electron chi connectivity index (χ1n) is 11.2. The molecule has 2 saturated heterocycles. The van der Waals surface area contributed by atoms with E-state index in [1.54, 1.807) is 14.2 Å². The Kier molecular flexibility index (Phi) is 7.64. The number of nitrogens with zero attached hydrogens (tertiary/aromatic N) is 2. The van der Waals surface area contributed by atoms with Gasteiger partial charge in [-0.2, -0.15) is 0 Å². The van der Waals surface area contributed by atoms with Gasteiger partial charge in [0.15, 0.2) is 6.29 Å². The molecule has 0 saturated carbocycles. The van der Waals surface area contributed by atoms with Crippen molar-refractivity contribution in [1.82, 2.24) is 4.90 Å². The van der Waals surface area contributed by atoms with E-state index in [0.29, 0.717) is 11.8 Å². The van der Waals surface area contributed by atoms with Crippen LogP contribution in [-0.2, 0) is 14.2 Å². The van der Waals surface area contributed by atoms with Crippen LogP contribution in [0.15, 0.2) is 24.3 Å². The van der Waals surface area contributed by atoms with Gasteiger partial charge in [-0.3, -0.25) is 0 Å². The minimum Gasteiger partial charge on any atom is -0.444 e. The topological polar surface area (TPSA) is 51.2 Å². The molecule has 2 heterocycles. The fourth-order valence-corrected chi connectivity index (χ4v) is 4.61. The second kappa shape index (κ2) is 10.0. The number of ether oxygens (including phenoxy) is 3. The average Bonchev–Trinajstić information content (AvgIpc) is 2.74. The van der Waals surface area contributed by atoms with Crippen molar-refractivity contribution in [1.29, 1.82) is 0 Å². The average molecular weight is 419 g/mol. The predicted molar refractivity (Wildman–Crippen MR) is 119 cm³/mol. The summed E-state index contributed by atoms with van der Waals surface area (Å²) in [7, 11) is 3.43. The zero-order chi connectivity index (χ0) is 21.7. The van der Waals surface area contributed by atoms with Crippen LogP contribution >= 0.6 is 0 Å². The fraction of sp³-hybridized carbons (Fsp3) is 0.708. The number of piperidine rings is 2. The van der Waals surface area contributed by atoms with Gasteiger partial charge in [0, 0.05) is 57.9 Å². The van der Waals surface area contributed by atoms with Crippen LogP contribution in [0.3, 0.4) is 0 Å². The molecule has 30 heavy (non-hydrogen) atoms. The van der Waals surface area contributed by atoms with Gasteiger partial charge in [-0.1, -0.05) is 12.1 Å². The van der Waals surface area contributed by atoms with Crippen LogP contribution in [0.2, 0.25) is 0 Å². The number of benzene rings is 1. The van der Waals surface area contributed by atoms with Crippen LogP contribution in [0.1, 0.15) is 57.9 Å². The molecule has 1 atom stereocenters. The van der Waals surface area contributed by atoms with Crippen molar-refractivity contribution in [3.8, 4) is 0 Å². The quantitative estimate of drug-likeness (QED) is 0.652. The first-order valence-corrected chi connectivity index (χ1v) is 11.2. The number of amides is 1. The summed E-state index contributed by atoms with van der Waals surface area (Å²) in [6, 6.07) is 8.92. The van der Waals surface area contributed by atoms with E-state index in [2.05, 4.69) is 29.2 Å². The summed E-state index contributed by atoms with van der Waals surface area (Å²) in [5.41, 5.74) is 2.12. The first kappa shape index (κ1) is 22.9. The Morgan fingerprint density at radius 2 is 1.63 bits per heavy atom. The summed E-state index contributed by atoms with van der Waals surface area (Å²) in [4.78, 5) is 16.8. The van der Waals surface area contributed by atoms with Gasteiger partial charge in [-0.05, 0) is 64.2 Å². The van der Waals surface area contributed by atoms with Crippen molar-refractivity contribution >= 4 is 11.8 Å². The second-order valence-corrected chi connectivity index (χ2v) is 9.52. The molecular formula is C24H38N2O4. The highest BCUT2D eigenvalue weighted by Gasteiger charge is 2.29. The molecule has 1 unspecified atom stereocenters. The number of carbonyl (C=O) groups is 1. The Labute approximate surface area is 181 Å². The zero-order valence-corrected chi connectivity index (χ0v) is 19.2. The SMILES string of the molecule is COC(OC)C1CCN(c2ccc(C3CCCN(C(=O)OC(C)(C)C)C3)cc2)CC1. The summed E-state index contributed by atoms with van der Waals surface area (Å²) in [5, 5.41) is 0. The molecule has 1 amide bonds. The van der Waals surface area contributed by atoms with E-state index in [1.165, 1.54) is 11.3 Å². The Hall–Kier alpha value is -1.79. The lowest BCUT2D eigenvalue weighted by molar-refractivity contribution is -0.141. The molecule has 2 aliphatic heterocycles. The van der Waals surface area contributed by atoms with Crippen molar-refractivity contribution in [2.24, 2.45) is 5.92 Å². The number of methoxy groups -OCH3 is 2. The third-order valence-corrected chi connectivity index (χ3v) is 6.19. The number of rotatable bonds is 5. The second-order valence-electron chi connectivity index (χ2n) is 9.52.